The Hall–Kier alpha value is -0.900. The van der Waals surface area contributed by atoms with Crippen molar-refractivity contribution in [2.24, 2.45) is 5.92 Å². The Kier molecular flexibility index (Phi) is 7.27. The molecule has 3 nitrogen and oxygen atoms in total. The third-order valence-electron chi connectivity index (χ3n) is 5.89. The van der Waals surface area contributed by atoms with Crippen molar-refractivity contribution in [3.8, 4) is 0 Å². The van der Waals surface area contributed by atoms with Gasteiger partial charge in [0.05, 0.1) is 19.5 Å². The molecule has 2 N–H and O–H groups in total. The Morgan fingerprint density at radius 1 is 1.08 bits per heavy atom. The smallest absolute Gasteiger partial charge is 0.312 e. The highest BCUT2D eigenvalue weighted by atomic mass is 35.5. The SMILES string of the molecule is O=C(CCC1CCCCC1)[NH+]1CCC(O)(c2ccccc2)CC1.[Cl-]. The summed E-state index contributed by atoms with van der Waals surface area (Å²) in [6.07, 6.45) is 9.86. The van der Waals surface area contributed by atoms with Crippen molar-refractivity contribution in [3.05, 3.63) is 35.9 Å². The molecule has 0 unspecified atom stereocenters. The van der Waals surface area contributed by atoms with Crippen LogP contribution in [0.1, 0.15) is 63.4 Å². The van der Waals surface area contributed by atoms with Crippen LogP contribution in [-0.4, -0.2) is 24.1 Å². The van der Waals surface area contributed by atoms with Crippen LogP contribution in [0.3, 0.4) is 0 Å². The first-order chi connectivity index (χ1) is 11.2. The molecular weight excluding hydrogens is 322 g/mol. The second-order valence-corrected chi connectivity index (χ2v) is 7.47. The van der Waals surface area contributed by atoms with Crippen LogP contribution in [0.15, 0.2) is 30.3 Å². The van der Waals surface area contributed by atoms with Gasteiger partial charge in [0.15, 0.2) is 0 Å². The molecule has 0 atom stereocenters. The fourth-order valence-electron chi connectivity index (χ4n) is 4.27. The minimum Gasteiger partial charge on any atom is -1.00 e. The molecule has 1 saturated heterocycles. The molecule has 0 radical (unpaired) electrons. The van der Waals surface area contributed by atoms with E-state index in [0.717, 1.165) is 42.3 Å². The molecule has 1 aromatic carbocycles. The normalized spacial score (nSPS) is 28.1. The Morgan fingerprint density at radius 2 is 1.71 bits per heavy atom. The molecule has 4 heteroatoms. The molecule has 1 aromatic rings. The van der Waals surface area contributed by atoms with Gasteiger partial charge in [0.2, 0.25) is 0 Å². The van der Waals surface area contributed by atoms with Crippen LogP contribution in [0.4, 0.5) is 0 Å². The number of rotatable bonds is 4. The van der Waals surface area contributed by atoms with E-state index in [1.807, 2.05) is 30.3 Å². The fourth-order valence-corrected chi connectivity index (χ4v) is 4.27. The van der Waals surface area contributed by atoms with Gasteiger partial charge < -0.3 is 17.5 Å². The lowest BCUT2D eigenvalue weighted by molar-refractivity contribution is -0.830. The maximum Gasteiger partial charge on any atom is 0.312 e. The summed E-state index contributed by atoms with van der Waals surface area (Å²) in [6.45, 7) is 1.52. The number of nitrogens with one attached hydrogen (secondary N) is 1. The van der Waals surface area contributed by atoms with E-state index in [4.69, 9.17) is 0 Å². The minimum atomic E-state index is -0.742. The number of hydrogen-bond donors (Lipinski definition) is 2. The zero-order valence-electron chi connectivity index (χ0n) is 14.5. The lowest BCUT2D eigenvalue weighted by Gasteiger charge is -2.35. The van der Waals surface area contributed by atoms with Crippen molar-refractivity contribution in [2.75, 3.05) is 13.1 Å². The Labute approximate surface area is 151 Å². The topological polar surface area (TPSA) is 41.7 Å². The molecule has 2 aliphatic rings. The van der Waals surface area contributed by atoms with Crippen LogP contribution in [0.2, 0.25) is 0 Å². The summed E-state index contributed by atoms with van der Waals surface area (Å²) in [6, 6.07) is 9.91. The molecule has 3 rings (SSSR count). The highest BCUT2D eigenvalue weighted by Crippen LogP contribution is 2.29. The molecule has 1 amide bonds. The summed E-state index contributed by atoms with van der Waals surface area (Å²) in [5, 5.41) is 10.9. The van der Waals surface area contributed by atoms with Gasteiger partial charge in [-0.1, -0.05) is 62.4 Å². The van der Waals surface area contributed by atoms with Crippen LogP contribution in [0, 0.1) is 5.92 Å². The molecule has 0 spiro atoms. The van der Waals surface area contributed by atoms with Crippen molar-refractivity contribution in [1.82, 2.24) is 0 Å². The number of aliphatic hydroxyl groups is 1. The Bertz CT molecular complexity index is 506. The molecule has 0 bridgehead atoms. The van der Waals surface area contributed by atoms with Crippen LogP contribution >= 0.6 is 0 Å². The van der Waals surface area contributed by atoms with Crippen LogP contribution in [0.5, 0.6) is 0 Å². The maximum atomic E-state index is 12.5. The van der Waals surface area contributed by atoms with E-state index >= 15 is 0 Å². The predicted molar refractivity (Wildman–Crippen MR) is 91.1 cm³/mol. The van der Waals surface area contributed by atoms with Crippen molar-refractivity contribution >= 4 is 5.91 Å². The molecule has 134 valence electrons. The molecule has 1 aliphatic carbocycles. The average molecular weight is 352 g/mol. The zero-order chi connectivity index (χ0) is 16.1. The second-order valence-electron chi connectivity index (χ2n) is 7.47. The number of carbonyl (C=O) groups excluding carboxylic acids is 1. The van der Waals surface area contributed by atoms with E-state index in [9.17, 15) is 9.90 Å². The van der Waals surface area contributed by atoms with E-state index in [2.05, 4.69) is 0 Å². The Morgan fingerprint density at radius 3 is 2.33 bits per heavy atom. The third kappa shape index (κ3) is 4.81. The number of piperidine rings is 1. The minimum absolute atomic E-state index is 0. The summed E-state index contributed by atoms with van der Waals surface area (Å²) in [5.74, 6) is 1.14. The van der Waals surface area contributed by atoms with Gasteiger partial charge in [0.25, 0.3) is 0 Å². The van der Waals surface area contributed by atoms with Gasteiger partial charge in [-0.2, -0.15) is 0 Å². The molecule has 1 heterocycles. The van der Waals surface area contributed by atoms with Crippen molar-refractivity contribution in [2.45, 2.75) is 63.4 Å². The number of carbonyl (C=O) groups is 1. The molecule has 2 fully saturated rings. The lowest BCUT2D eigenvalue weighted by Crippen LogP contribution is -3.16. The quantitative estimate of drug-likeness (QED) is 0.764. The predicted octanol–water partition coefficient (Wildman–Crippen LogP) is -0.556. The first-order valence-corrected chi connectivity index (χ1v) is 9.33. The van der Waals surface area contributed by atoms with E-state index in [-0.39, 0.29) is 12.4 Å². The Balaban J connectivity index is 0.00000208. The number of likely N-dealkylation sites (tertiary alicyclic amines) is 1. The number of hydrogen-bond acceptors (Lipinski definition) is 2. The fraction of sp³-hybridized carbons (Fsp3) is 0.650. The van der Waals surface area contributed by atoms with Gasteiger partial charge in [-0.3, -0.25) is 4.90 Å². The van der Waals surface area contributed by atoms with E-state index in [0.29, 0.717) is 18.7 Å². The zero-order valence-corrected chi connectivity index (χ0v) is 15.2. The van der Waals surface area contributed by atoms with Gasteiger partial charge in [0, 0.05) is 12.8 Å². The second kappa shape index (κ2) is 8.98. The molecule has 1 aliphatic heterocycles. The van der Waals surface area contributed by atoms with Crippen molar-refractivity contribution < 1.29 is 27.2 Å². The number of amides is 1. The highest BCUT2D eigenvalue weighted by molar-refractivity contribution is 5.66. The van der Waals surface area contributed by atoms with Gasteiger partial charge in [-0.15, -0.1) is 0 Å². The highest BCUT2D eigenvalue weighted by Gasteiger charge is 2.38. The lowest BCUT2D eigenvalue weighted by atomic mass is 9.84. The van der Waals surface area contributed by atoms with Crippen LogP contribution < -0.4 is 17.3 Å². The molecular formula is C20H30ClNO2. The standard InChI is InChI=1S/C20H29NO2.ClH/c22-19(12-11-17-7-3-1-4-8-17)21-15-13-20(23,14-16-21)18-9-5-2-6-10-18;/h2,5-6,9-10,17,23H,1,3-4,7-8,11-16H2;1H. The first-order valence-electron chi connectivity index (χ1n) is 9.33. The third-order valence-corrected chi connectivity index (χ3v) is 5.89. The van der Waals surface area contributed by atoms with Crippen molar-refractivity contribution in [1.29, 1.82) is 0 Å². The van der Waals surface area contributed by atoms with Gasteiger partial charge in [0.1, 0.15) is 5.60 Å². The number of benzene rings is 1. The largest absolute Gasteiger partial charge is 1.00 e. The van der Waals surface area contributed by atoms with E-state index < -0.39 is 5.60 Å². The number of quaternary nitrogens is 1. The van der Waals surface area contributed by atoms with E-state index in [1.165, 1.54) is 32.1 Å². The number of halogens is 1. The summed E-state index contributed by atoms with van der Waals surface area (Å²) < 4.78 is 0. The monoisotopic (exact) mass is 351 g/mol. The summed E-state index contributed by atoms with van der Waals surface area (Å²) in [4.78, 5) is 13.5. The van der Waals surface area contributed by atoms with Gasteiger partial charge >= 0.3 is 5.91 Å². The summed E-state index contributed by atoms with van der Waals surface area (Å²) in [5.41, 5.74) is 0.253. The van der Waals surface area contributed by atoms with Gasteiger partial charge in [-0.05, 0) is 17.9 Å². The van der Waals surface area contributed by atoms with Crippen LogP contribution in [-0.2, 0) is 10.4 Å². The molecule has 0 aromatic heterocycles. The first kappa shape index (κ1) is 19.4. The van der Waals surface area contributed by atoms with Crippen molar-refractivity contribution in [3.63, 3.8) is 0 Å². The maximum absolute atomic E-state index is 12.5. The summed E-state index contributed by atoms with van der Waals surface area (Å²) >= 11 is 0. The summed E-state index contributed by atoms with van der Waals surface area (Å²) in [7, 11) is 0. The van der Waals surface area contributed by atoms with Gasteiger partial charge in [-0.25, -0.2) is 4.79 Å². The molecule has 1 saturated carbocycles. The molecule has 24 heavy (non-hydrogen) atoms. The van der Waals surface area contributed by atoms with Crippen LogP contribution in [0.25, 0.3) is 0 Å². The van der Waals surface area contributed by atoms with E-state index in [1.54, 1.807) is 0 Å². The average Bonchev–Trinajstić information content (AvgIpc) is 2.62.